The van der Waals surface area contributed by atoms with Crippen LogP contribution in [-0.4, -0.2) is 18.5 Å². The molecule has 0 fully saturated rings. The largest absolute Gasteiger partial charge is 0.349 e. The molecule has 0 saturated heterocycles. The Hall–Kier alpha value is -1.35. The number of carbonyl (C=O) groups excluding carboxylic acids is 1. The van der Waals surface area contributed by atoms with Gasteiger partial charge < -0.3 is 11.1 Å². The number of carbonyl (C=O) groups is 1. The van der Waals surface area contributed by atoms with E-state index in [0.29, 0.717) is 6.54 Å². The standard InChI is InChI=1S/C13H20N2O/c1-3-11(8-9-14)15-13(16)12-7-5-4-6-10(12)2/h4-7,11H,3,8-9,14H2,1-2H3,(H,15,16). The zero-order chi connectivity index (χ0) is 12.0. The zero-order valence-electron chi connectivity index (χ0n) is 9.99. The van der Waals surface area contributed by atoms with Crippen LogP contribution in [0.1, 0.15) is 35.7 Å². The Balaban J connectivity index is 2.68. The lowest BCUT2D eigenvalue weighted by Crippen LogP contribution is -2.36. The van der Waals surface area contributed by atoms with Crippen molar-refractivity contribution in [2.45, 2.75) is 32.7 Å². The van der Waals surface area contributed by atoms with Gasteiger partial charge in [0.05, 0.1) is 0 Å². The number of nitrogens with one attached hydrogen (secondary N) is 1. The van der Waals surface area contributed by atoms with E-state index < -0.39 is 0 Å². The van der Waals surface area contributed by atoms with E-state index in [1.54, 1.807) is 0 Å². The fraction of sp³-hybridized carbons (Fsp3) is 0.462. The minimum Gasteiger partial charge on any atom is -0.349 e. The Kier molecular flexibility index (Phi) is 4.99. The van der Waals surface area contributed by atoms with E-state index >= 15 is 0 Å². The molecule has 3 heteroatoms. The molecule has 0 spiro atoms. The van der Waals surface area contributed by atoms with Gasteiger partial charge in [-0.25, -0.2) is 0 Å². The monoisotopic (exact) mass is 220 g/mol. The van der Waals surface area contributed by atoms with Crippen molar-refractivity contribution in [2.75, 3.05) is 6.54 Å². The Morgan fingerprint density at radius 1 is 1.44 bits per heavy atom. The summed E-state index contributed by atoms with van der Waals surface area (Å²) in [6, 6.07) is 7.78. The van der Waals surface area contributed by atoms with Gasteiger partial charge in [0.1, 0.15) is 0 Å². The fourth-order valence-electron chi connectivity index (χ4n) is 1.67. The summed E-state index contributed by atoms with van der Waals surface area (Å²) in [4.78, 5) is 12.0. The predicted molar refractivity (Wildman–Crippen MR) is 66.4 cm³/mol. The van der Waals surface area contributed by atoms with Crippen LogP contribution in [0.5, 0.6) is 0 Å². The van der Waals surface area contributed by atoms with Crippen molar-refractivity contribution in [1.29, 1.82) is 0 Å². The maximum Gasteiger partial charge on any atom is 0.251 e. The molecule has 16 heavy (non-hydrogen) atoms. The summed E-state index contributed by atoms with van der Waals surface area (Å²) in [7, 11) is 0. The summed E-state index contributed by atoms with van der Waals surface area (Å²) in [5.41, 5.74) is 7.25. The van der Waals surface area contributed by atoms with Crippen molar-refractivity contribution in [3.63, 3.8) is 0 Å². The van der Waals surface area contributed by atoms with E-state index in [-0.39, 0.29) is 11.9 Å². The van der Waals surface area contributed by atoms with E-state index in [0.717, 1.165) is 24.0 Å². The molecule has 3 N–H and O–H groups in total. The SMILES string of the molecule is CCC(CCN)NC(=O)c1ccccc1C. The molecule has 88 valence electrons. The number of hydrogen-bond acceptors (Lipinski definition) is 2. The molecule has 1 unspecified atom stereocenters. The molecule has 0 radical (unpaired) electrons. The first-order chi connectivity index (χ1) is 7.69. The van der Waals surface area contributed by atoms with Gasteiger partial charge in [0, 0.05) is 11.6 Å². The number of amides is 1. The fourth-order valence-corrected chi connectivity index (χ4v) is 1.67. The van der Waals surface area contributed by atoms with Crippen molar-refractivity contribution in [1.82, 2.24) is 5.32 Å². The summed E-state index contributed by atoms with van der Waals surface area (Å²) < 4.78 is 0. The van der Waals surface area contributed by atoms with Crippen LogP contribution in [0.15, 0.2) is 24.3 Å². The van der Waals surface area contributed by atoms with E-state index in [1.165, 1.54) is 0 Å². The average Bonchev–Trinajstić information content (AvgIpc) is 2.28. The topological polar surface area (TPSA) is 55.1 Å². The summed E-state index contributed by atoms with van der Waals surface area (Å²) in [6.45, 7) is 4.60. The molecule has 0 aromatic heterocycles. The quantitative estimate of drug-likeness (QED) is 0.795. The van der Waals surface area contributed by atoms with Gasteiger partial charge in [0.25, 0.3) is 5.91 Å². The third kappa shape index (κ3) is 3.35. The Labute approximate surface area is 97.0 Å². The van der Waals surface area contributed by atoms with Crippen molar-refractivity contribution in [3.05, 3.63) is 35.4 Å². The minimum atomic E-state index is -0.00148. The van der Waals surface area contributed by atoms with Crippen LogP contribution in [0.25, 0.3) is 0 Å². The Morgan fingerprint density at radius 3 is 2.69 bits per heavy atom. The molecule has 0 saturated carbocycles. The molecule has 1 atom stereocenters. The van der Waals surface area contributed by atoms with E-state index in [2.05, 4.69) is 12.2 Å². The molecule has 1 rings (SSSR count). The van der Waals surface area contributed by atoms with Gasteiger partial charge in [-0.1, -0.05) is 25.1 Å². The first kappa shape index (κ1) is 12.7. The lowest BCUT2D eigenvalue weighted by atomic mass is 10.1. The van der Waals surface area contributed by atoms with Crippen molar-refractivity contribution >= 4 is 5.91 Å². The number of aryl methyl sites for hydroxylation is 1. The lowest BCUT2D eigenvalue weighted by Gasteiger charge is -2.16. The molecule has 1 amide bonds. The molecule has 1 aromatic carbocycles. The second-order valence-corrected chi connectivity index (χ2v) is 3.97. The van der Waals surface area contributed by atoms with Crippen LogP contribution in [0, 0.1) is 6.92 Å². The lowest BCUT2D eigenvalue weighted by molar-refractivity contribution is 0.0934. The van der Waals surface area contributed by atoms with Gasteiger partial charge in [-0.15, -0.1) is 0 Å². The second-order valence-electron chi connectivity index (χ2n) is 3.97. The van der Waals surface area contributed by atoms with E-state index in [4.69, 9.17) is 5.73 Å². The molecular weight excluding hydrogens is 200 g/mol. The van der Waals surface area contributed by atoms with Gasteiger partial charge in [0.2, 0.25) is 0 Å². The van der Waals surface area contributed by atoms with Crippen LogP contribution in [0.4, 0.5) is 0 Å². The molecule has 0 aliphatic carbocycles. The maximum atomic E-state index is 12.0. The first-order valence-electron chi connectivity index (χ1n) is 5.75. The Morgan fingerprint density at radius 2 is 2.12 bits per heavy atom. The number of benzene rings is 1. The third-order valence-corrected chi connectivity index (χ3v) is 2.73. The van der Waals surface area contributed by atoms with Crippen LogP contribution in [0.3, 0.4) is 0 Å². The van der Waals surface area contributed by atoms with E-state index in [1.807, 2.05) is 31.2 Å². The van der Waals surface area contributed by atoms with Gasteiger partial charge in [0.15, 0.2) is 0 Å². The van der Waals surface area contributed by atoms with Gasteiger partial charge >= 0.3 is 0 Å². The van der Waals surface area contributed by atoms with Gasteiger partial charge in [-0.2, -0.15) is 0 Å². The number of nitrogens with two attached hydrogens (primary N) is 1. The highest BCUT2D eigenvalue weighted by atomic mass is 16.1. The van der Waals surface area contributed by atoms with Crippen molar-refractivity contribution in [2.24, 2.45) is 5.73 Å². The number of hydrogen-bond donors (Lipinski definition) is 2. The van der Waals surface area contributed by atoms with Crippen molar-refractivity contribution < 1.29 is 4.79 Å². The molecule has 0 aliphatic heterocycles. The normalized spacial score (nSPS) is 12.2. The summed E-state index contributed by atoms with van der Waals surface area (Å²) in [6.07, 6.45) is 1.74. The minimum absolute atomic E-state index is 0.00148. The second kappa shape index (κ2) is 6.28. The molecule has 0 aliphatic rings. The molecule has 0 bridgehead atoms. The highest BCUT2D eigenvalue weighted by Gasteiger charge is 2.12. The molecule has 0 heterocycles. The highest BCUT2D eigenvalue weighted by Crippen LogP contribution is 2.08. The number of rotatable bonds is 5. The smallest absolute Gasteiger partial charge is 0.251 e. The third-order valence-electron chi connectivity index (χ3n) is 2.73. The maximum absolute atomic E-state index is 12.0. The van der Waals surface area contributed by atoms with Gasteiger partial charge in [-0.05, 0) is 37.9 Å². The van der Waals surface area contributed by atoms with E-state index in [9.17, 15) is 4.79 Å². The summed E-state index contributed by atoms with van der Waals surface area (Å²) in [5, 5.41) is 3.01. The summed E-state index contributed by atoms with van der Waals surface area (Å²) in [5.74, 6) is -0.00148. The van der Waals surface area contributed by atoms with Crippen LogP contribution < -0.4 is 11.1 Å². The first-order valence-corrected chi connectivity index (χ1v) is 5.75. The van der Waals surface area contributed by atoms with Crippen molar-refractivity contribution in [3.8, 4) is 0 Å². The molecule has 1 aromatic rings. The average molecular weight is 220 g/mol. The Bertz CT molecular complexity index is 350. The van der Waals surface area contributed by atoms with Crippen LogP contribution in [-0.2, 0) is 0 Å². The zero-order valence-corrected chi connectivity index (χ0v) is 9.99. The molecule has 3 nitrogen and oxygen atoms in total. The highest BCUT2D eigenvalue weighted by molar-refractivity contribution is 5.95. The summed E-state index contributed by atoms with van der Waals surface area (Å²) >= 11 is 0. The van der Waals surface area contributed by atoms with Crippen LogP contribution >= 0.6 is 0 Å². The van der Waals surface area contributed by atoms with Gasteiger partial charge in [-0.3, -0.25) is 4.79 Å². The molecular formula is C13H20N2O. The predicted octanol–water partition coefficient (Wildman–Crippen LogP) is 1.85. The van der Waals surface area contributed by atoms with Crippen LogP contribution in [0.2, 0.25) is 0 Å².